The van der Waals surface area contributed by atoms with Gasteiger partial charge < -0.3 is 10.4 Å². The molecule has 0 aromatic rings. The highest BCUT2D eigenvalue weighted by Gasteiger charge is 2.38. The fourth-order valence-electron chi connectivity index (χ4n) is 3.25. The molecule has 1 saturated heterocycles. The maximum absolute atomic E-state index is 9.50. The lowest BCUT2D eigenvalue weighted by Crippen LogP contribution is -2.49. The van der Waals surface area contributed by atoms with Crippen LogP contribution in [-0.4, -0.2) is 48.3 Å². The van der Waals surface area contributed by atoms with Gasteiger partial charge in [-0.05, 0) is 26.3 Å². The molecule has 1 atom stereocenters. The van der Waals surface area contributed by atoms with E-state index in [1.165, 1.54) is 38.5 Å². The third-order valence-corrected chi connectivity index (χ3v) is 4.56. The number of rotatable bonds is 3. The zero-order chi connectivity index (χ0) is 11.4. The first-order valence-corrected chi connectivity index (χ1v) is 6.83. The summed E-state index contributed by atoms with van der Waals surface area (Å²) in [6.45, 7) is 2.46. The molecule has 2 N–H and O–H groups in total. The molecule has 16 heavy (non-hydrogen) atoms. The van der Waals surface area contributed by atoms with Crippen LogP contribution in [0.5, 0.6) is 0 Å². The number of likely N-dealkylation sites (N-methyl/N-ethyl adjacent to an activating group) is 1. The van der Waals surface area contributed by atoms with Crippen LogP contribution in [0, 0.1) is 0 Å². The Balaban J connectivity index is 1.91. The number of nitrogens with one attached hydrogen (secondary N) is 1. The zero-order valence-electron chi connectivity index (χ0n) is 10.5. The molecular formula is C13H26N2O. The standard InChI is InChI=1S/C13H26N2O/c1-14-13(11-16)8-9-15(10-13)12-6-4-2-3-5-7-12/h12,14,16H,2-11H2,1H3. The van der Waals surface area contributed by atoms with Crippen molar-refractivity contribution in [2.75, 3.05) is 26.7 Å². The van der Waals surface area contributed by atoms with Crippen molar-refractivity contribution in [1.29, 1.82) is 0 Å². The van der Waals surface area contributed by atoms with Crippen LogP contribution in [0.4, 0.5) is 0 Å². The first-order valence-electron chi connectivity index (χ1n) is 6.83. The number of aliphatic hydroxyl groups excluding tert-OH is 1. The van der Waals surface area contributed by atoms with Crippen LogP contribution < -0.4 is 5.32 Å². The topological polar surface area (TPSA) is 35.5 Å². The predicted molar refractivity (Wildman–Crippen MR) is 66.6 cm³/mol. The van der Waals surface area contributed by atoms with Gasteiger partial charge in [0.05, 0.1) is 12.1 Å². The van der Waals surface area contributed by atoms with Crippen LogP contribution in [0.25, 0.3) is 0 Å². The molecule has 0 radical (unpaired) electrons. The number of hydrogen-bond acceptors (Lipinski definition) is 3. The molecule has 0 bridgehead atoms. The highest BCUT2D eigenvalue weighted by molar-refractivity contribution is 4.98. The molecule has 2 aliphatic rings. The van der Waals surface area contributed by atoms with Crippen molar-refractivity contribution in [3.63, 3.8) is 0 Å². The summed E-state index contributed by atoms with van der Waals surface area (Å²) in [7, 11) is 1.98. The SMILES string of the molecule is CNC1(CO)CCN(C2CCCCCC2)C1. The van der Waals surface area contributed by atoms with Crippen LogP contribution in [0.15, 0.2) is 0 Å². The molecule has 2 fully saturated rings. The molecule has 0 aromatic carbocycles. The van der Waals surface area contributed by atoms with Crippen molar-refractivity contribution >= 4 is 0 Å². The van der Waals surface area contributed by atoms with Gasteiger partial charge in [-0.2, -0.15) is 0 Å². The molecule has 1 aliphatic carbocycles. The number of hydrogen-bond donors (Lipinski definition) is 2. The van der Waals surface area contributed by atoms with Gasteiger partial charge in [0, 0.05) is 19.1 Å². The van der Waals surface area contributed by atoms with Crippen molar-refractivity contribution in [3.8, 4) is 0 Å². The van der Waals surface area contributed by atoms with Gasteiger partial charge in [-0.25, -0.2) is 0 Å². The van der Waals surface area contributed by atoms with E-state index in [0.717, 1.165) is 25.6 Å². The predicted octanol–water partition coefficient (Wildman–Crippen LogP) is 1.37. The summed E-state index contributed by atoms with van der Waals surface area (Å²) in [6.07, 6.45) is 9.45. The summed E-state index contributed by atoms with van der Waals surface area (Å²) in [6, 6.07) is 0.782. The molecule has 2 rings (SSSR count). The third kappa shape index (κ3) is 2.58. The Kier molecular flexibility index (Phi) is 4.22. The van der Waals surface area contributed by atoms with Gasteiger partial charge in [-0.15, -0.1) is 0 Å². The Labute approximate surface area is 99.2 Å². The van der Waals surface area contributed by atoms with Crippen LogP contribution in [0.3, 0.4) is 0 Å². The fraction of sp³-hybridized carbons (Fsp3) is 1.00. The molecule has 0 aromatic heterocycles. The van der Waals surface area contributed by atoms with Gasteiger partial charge in [0.15, 0.2) is 0 Å². The smallest absolute Gasteiger partial charge is 0.0626 e. The molecule has 3 nitrogen and oxygen atoms in total. The van der Waals surface area contributed by atoms with Gasteiger partial charge in [0.1, 0.15) is 0 Å². The van der Waals surface area contributed by atoms with Crippen molar-refractivity contribution in [1.82, 2.24) is 10.2 Å². The second-order valence-corrected chi connectivity index (χ2v) is 5.55. The van der Waals surface area contributed by atoms with E-state index < -0.39 is 0 Å². The Hall–Kier alpha value is -0.120. The largest absolute Gasteiger partial charge is 0.394 e. The molecule has 1 unspecified atom stereocenters. The van der Waals surface area contributed by atoms with Crippen LogP contribution in [0.2, 0.25) is 0 Å². The highest BCUT2D eigenvalue weighted by atomic mass is 16.3. The van der Waals surface area contributed by atoms with E-state index in [0.29, 0.717) is 0 Å². The van der Waals surface area contributed by atoms with Crippen LogP contribution in [-0.2, 0) is 0 Å². The second kappa shape index (κ2) is 5.48. The molecule has 3 heteroatoms. The summed E-state index contributed by atoms with van der Waals surface area (Å²) in [5.41, 5.74) is -0.0215. The zero-order valence-corrected chi connectivity index (χ0v) is 10.5. The van der Waals surface area contributed by atoms with Crippen molar-refractivity contribution in [2.45, 2.75) is 56.5 Å². The quantitative estimate of drug-likeness (QED) is 0.713. The minimum atomic E-state index is -0.0215. The molecule has 1 heterocycles. The summed E-state index contributed by atoms with van der Waals surface area (Å²) in [4.78, 5) is 2.61. The van der Waals surface area contributed by atoms with Gasteiger partial charge in [0.2, 0.25) is 0 Å². The van der Waals surface area contributed by atoms with E-state index >= 15 is 0 Å². The summed E-state index contributed by atoms with van der Waals surface area (Å²) in [5, 5.41) is 12.8. The van der Waals surface area contributed by atoms with Crippen LogP contribution >= 0.6 is 0 Å². The van der Waals surface area contributed by atoms with Gasteiger partial charge in [0.25, 0.3) is 0 Å². The van der Waals surface area contributed by atoms with Crippen LogP contribution in [0.1, 0.15) is 44.9 Å². The van der Waals surface area contributed by atoms with E-state index in [1.807, 2.05) is 7.05 Å². The minimum Gasteiger partial charge on any atom is -0.394 e. The maximum atomic E-state index is 9.50. The van der Waals surface area contributed by atoms with Crippen molar-refractivity contribution in [2.24, 2.45) is 0 Å². The van der Waals surface area contributed by atoms with E-state index in [4.69, 9.17) is 0 Å². The first kappa shape index (κ1) is 12.3. The summed E-state index contributed by atoms with van der Waals surface area (Å²) < 4.78 is 0. The van der Waals surface area contributed by atoms with E-state index in [2.05, 4.69) is 10.2 Å². The number of likely N-dealkylation sites (tertiary alicyclic amines) is 1. The average molecular weight is 226 g/mol. The molecule has 94 valence electrons. The molecule has 1 aliphatic heterocycles. The lowest BCUT2D eigenvalue weighted by Gasteiger charge is -2.30. The molecule has 0 amide bonds. The Morgan fingerprint density at radius 2 is 1.94 bits per heavy atom. The first-order chi connectivity index (χ1) is 7.79. The Morgan fingerprint density at radius 3 is 2.44 bits per heavy atom. The molecule has 0 spiro atoms. The Morgan fingerprint density at radius 1 is 1.25 bits per heavy atom. The minimum absolute atomic E-state index is 0.0215. The lowest BCUT2D eigenvalue weighted by molar-refractivity contribution is 0.149. The summed E-state index contributed by atoms with van der Waals surface area (Å²) >= 11 is 0. The van der Waals surface area contributed by atoms with E-state index in [-0.39, 0.29) is 12.1 Å². The van der Waals surface area contributed by atoms with Gasteiger partial charge >= 0.3 is 0 Å². The average Bonchev–Trinajstić information content (AvgIpc) is 2.57. The molecule has 1 saturated carbocycles. The fourth-order valence-corrected chi connectivity index (χ4v) is 3.25. The van der Waals surface area contributed by atoms with Gasteiger partial charge in [-0.1, -0.05) is 25.7 Å². The van der Waals surface area contributed by atoms with Crippen molar-refractivity contribution < 1.29 is 5.11 Å². The van der Waals surface area contributed by atoms with Crippen molar-refractivity contribution in [3.05, 3.63) is 0 Å². The number of aliphatic hydroxyl groups is 1. The monoisotopic (exact) mass is 226 g/mol. The van der Waals surface area contributed by atoms with E-state index in [1.54, 1.807) is 0 Å². The highest BCUT2D eigenvalue weighted by Crippen LogP contribution is 2.28. The normalized spacial score (nSPS) is 34.1. The number of nitrogens with zero attached hydrogens (tertiary/aromatic N) is 1. The third-order valence-electron chi connectivity index (χ3n) is 4.56. The summed E-state index contributed by atoms with van der Waals surface area (Å²) in [5.74, 6) is 0. The maximum Gasteiger partial charge on any atom is 0.0626 e. The second-order valence-electron chi connectivity index (χ2n) is 5.55. The molecular weight excluding hydrogens is 200 g/mol. The van der Waals surface area contributed by atoms with E-state index in [9.17, 15) is 5.11 Å². The van der Waals surface area contributed by atoms with Gasteiger partial charge in [-0.3, -0.25) is 4.90 Å². The Bertz CT molecular complexity index is 208. The lowest BCUT2D eigenvalue weighted by atomic mass is 10.0.